The Morgan fingerprint density at radius 2 is 1.90 bits per heavy atom. The Morgan fingerprint density at radius 1 is 1.13 bits per heavy atom. The van der Waals surface area contributed by atoms with E-state index in [-0.39, 0.29) is 24.1 Å². The number of likely N-dealkylation sites (tertiary alicyclic amines) is 1. The molecule has 1 heterocycles. The van der Waals surface area contributed by atoms with E-state index in [1.807, 2.05) is 0 Å². The number of aryl methyl sites for hydroxylation is 2. The molecule has 0 aliphatic carbocycles. The number of benzene rings is 2. The number of halogens is 3. The number of carbonyl (C=O) groups is 2. The second-order valence-electron chi connectivity index (χ2n) is 7.98. The Kier molecular flexibility index (Phi) is 7.00. The minimum absolute atomic E-state index is 0.0243. The number of rotatable bonds is 6. The average molecular weight is 433 g/mol. The highest BCUT2D eigenvalue weighted by molar-refractivity contribution is 5.96. The van der Waals surface area contributed by atoms with E-state index in [2.05, 4.69) is 47.6 Å². The summed E-state index contributed by atoms with van der Waals surface area (Å²) in [4.78, 5) is 26.6. The van der Waals surface area contributed by atoms with E-state index in [0.29, 0.717) is 6.54 Å². The fraction of sp³-hybridized carbons (Fsp3) is 0.391. The number of nitrogens with one attached hydrogen (secondary N) is 2. The van der Waals surface area contributed by atoms with Gasteiger partial charge in [-0.1, -0.05) is 29.8 Å². The molecule has 3 rings (SSSR count). The van der Waals surface area contributed by atoms with Crippen molar-refractivity contribution in [2.75, 3.05) is 19.6 Å². The van der Waals surface area contributed by atoms with Gasteiger partial charge in [-0.05, 0) is 49.6 Å². The summed E-state index contributed by atoms with van der Waals surface area (Å²) in [6, 6.07) is 10.5. The van der Waals surface area contributed by atoms with Gasteiger partial charge in [0, 0.05) is 31.2 Å². The number of hydrogen-bond donors (Lipinski definition) is 2. The Hall–Kier alpha value is -2.87. The van der Waals surface area contributed by atoms with E-state index in [9.17, 15) is 22.8 Å². The van der Waals surface area contributed by atoms with Crippen LogP contribution in [0.15, 0.2) is 42.5 Å². The molecule has 1 saturated heterocycles. The summed E-state index contributed by atoms with van der Waals surface area (Å²) in [6.07, 6.45) is -3.72. The second kappa shape index (κ2) is 9.51. The molecule has 2 N–H and O–H groups in total. The van der Waals surface area contributed by atoms with Crippen LogP contribution in [0.3, 0.4) is 0 Å². The lowest BCUT2D eigenvalue weighted by Crippen LogP contribution is -2.43. The summed E-state index contributed by atoms with van der Waals surface area (Å²) in [5.41, 5.74) is 2.68. The van der Waals surface area contributed by atoms with Gasteiger partial charge in [0.25, 0.3) is 5.91 Å². The van der Waals surface area contributed by atoms with Crippen molar-refractivity contribution < 1.29 is 22.8 Å². The first kappa shape index (κ1) is 22.8. The van der Waals surface area contributed by atoms with Gasteiger partial charge in [-0.3, -0.25) is 14.5 Å². The molecule has 2 aromatic carbocycles. The molecule has 8 heteroatoms. The molecule has 2 aromatic rings. The fourth-order valence-corrected chi connectivity index (χ4v) is 3.74. The van der Waals surface area contributed by atoms with E-state index in [1.165, 1.54) is 28.8 Å². The summed E-state index contributed by atoms with van der Waals surface area (Å²) in [5, 5.41) is 5.27. The predicted octanol–water partition coefficient (Wildman–Crippen LogP) is 3.44. The van der Waals surface area contributed by atoms with Gasteiger partial charge in [0.1, 0.15) is 0 Å². The fourth-order valence-electron chi connectivity index (χ4n) is 3.74. The first-order valence-corrected chi connectivity index (χ1v) is 10.1. The molecule has 1 aliphatic heterocycles. The monoisotopic (exact) mass is 433 g/mol. The lowest BCUT2D eigenvalue weighted by atomic mass is 10.1. The van der Waals surface area contributed by atoms with Crippen molar-refractivity contribution in [3.8, 4) is 0 Å². The SMILES string of the molecule is Cc1ccc(CN2CC[C@@H](NC(=O)CNC(=O)c3cccc(C(F)(F)F)c3)C2)c(C)c1. The number of hydrogen-bond acceptors (Lipinski definition) is 3. The largest absolute Gasteiger partial charge is 0.416 e. The molecule has 166 valence electrons. The number of carbonyl (C=O) groups excluding carboxylic acids is 2. The van der Waals surface area contributed by atoms with Crippen LogP contribution in [-0.4, -0.2) is 42.4 Å². The molecule has 0 saturated carbocycles. The average Bonchev–Trinajstić information content (AvgIpc) is 3.14. The summed E-state index contributed by atoms with van der Waals surface area (Å²) >= 11 is 0. The van der Waals surface area contributed by atoms with Crippen molar-refractivity contribution >= 4 is 11.8 Å². The molecule has 0 bridgehead atoms. The topological polar surface area (TPSA) is 61.4 Å². The number of amides is 2. The third-order valence-corrected chi connectivity index (χ3v) is 5.39. The van der Waals surface area contributed by atoms with Gasteiger partial charge in [0.2, 0.25) is 5.91 Å². The van der Waals surface area contributed by atoms with Crippen LogP contribution in [0.25, 0.3) is 0 Å². The van der Waals surface area contributed by atoms with Crippen molar-refractivity contribution in [3.63, 3.8) is 0 Å². The first-order chi connectivity index (χ1) is 14.6. The van der Waals surface area contributed by atoms with Crippen LogP contribution in [0.1, 0.15) is 39.0 Å². The Labute approximate surface area is 179 Å². The minimum atomic E-state index is -4.53. The summed E-state index contributed by atoms with van der Waals surface area (Å²) in [5.74, 6) is -1.08. The minimum Gasteiger partial charge on any atom is -0.350 e. The van der Waals surface area contributed by atoms with E-state index in [4.69, 9.17) is 0 Å². The number of alkyl halides is 3. The highest BCUT2D eigenvalue weighted by atomic mass is 19.4. The standard InChI is InChI=1S/C23H26F3N3O2/c1-15-6-7-18(16(2)10-15)13-29-9-8-20(14-29)28-21(30)12-27-22(31)17-4-3-5-19(11-17)23(24,25)26/h3-7,10-11,20H,8-9,12-14H2,1-2H3,(H,27,31)(H,28,30)/t20-/m1/s1. The van der Waals surface area contributed by atoms with Gasteiger partial charge in [-0.25, -0.2) is 0 Å². The quantitative estimate of drug-likeness (QED) is 0.734. The summed E-state index contributed by atoms with van der Waals surface area (Å²) in [7, 11) is 0. The van der Waals surface area contributed by atoms with Gasteiger partial charge in [-0.15, -0.1) is 0 Å². The van der Waals surface area contributed by atoms with Gasteiger partial charge in [0.15, 0.2) is 0 Å². The third-order valence-electron chi connectivity index (χ3n) is 5.39. The molecule has 1 atom stereocenters. The van der Waals surface area contributed by atoms with E-state index < -0.39 is 17.6 Å². The maximum absolute atomic E-state index is 12.8. The van der Waals surface area contributed by atoms with Crippen molar-refractivity contribution in [2.45, 2.75) is 39.0 Å². The smallest absolute Gasteiger partial charge is 0.350 e. The van der Waals surface area contributed by atoms with E-state index in [0.717, 1.165) is 31.6 Å². The molecule has 2 amide bonds. The molecule has 0 unspecified atom stereocenters. The van der Waals surface area contributed by atoms with Crippen LogP contribution >= 0.6 is 0 Å². The Morgan fingerprint density at radius 3 is 2.61 bits per heavy atom. The maximum atomic E-state index is 12.8. The van der Waals surface area contributed by atoms with Gasteiger partial charge >= 0.3 is 6.18 Å². The lowest BCUT2D eigenvalue weighted by Gasteiger charge is -2.18. The molecule has 0 aromatic heterocycles. The highest BCUT2D eigenvalue weighted by Gasteiger charge is 2.31. The van der Waals surface area contributed by atoms with Gasteiger partial charge < -0.3 is 10.6 Å². The zero-order chi connectivity index (χ0) is 22.6. The lowest BCUT2D eigenvalue weighted by molar-refractivity contribution is -0.137. The molecule has 0 radical (unpaired) electrons. The number of nitrogens with zero attached hydrogens (tertiary/aromatic N) is 1. The van der Waals surface area contributed by atoms with Crippen molar-refractivity contribution in [1.29, 1.82) is 0 Å². The highest BCUT2D eigenvalue weighted by Crippen LogP contribution is 2.29. The summed E-state index contributed by atoms with van der Waals surface area (Å²) in [6.45, 7) is 6.23. The van der Waals surface area contributed by atoms with Crippen LogP contribution in [0, 0.1) is 13.8 Å². The molecular formula is C23H26F3N3O2. The maximum Gasteiger partial charge on any atom is 0.416 e. The normalized spacial score (nSPS) is 16.9. The van der Waals surface area contributed by atoms with Crippen molar-refractivity contribution in [3.05, 3.63) is 70.3 Å². The molecular weight excluding hydrogens is 407 g/mol. The van der Waals surface area contributed by atoms with Gasteiger partial charge in [0.05, 0.1) is 12.1 Å². The third kappa shape index (κ3) is 6.30. The van der Waals surface area contributed by atoms with Crippen LogP contribution in [-0.2, 0) is 17.5 Å². The predicted molar refractivity (Wildman–Crippen MR) is 112 cm³/mol. The van der Waals surface area contributed by atoms with Crippen LogP contribution < -0.4 is 10.6 Å². The Bertz CT molecular complexity index is 959. The zero-order valence-corrected chi connectivity index (χ0v) is 17.6. The van der Waals surface area contributed by atoms with Gasteiger partial charge in [-0.2, -0.15) is 13.2 Å². The van der Waals surface area contributed by atoms with Crippen LogP contribution in [0.5, 0.6) is 0 Å². The van der Waals surface area contributed by atoms with E-state index >= 15 is 0 Å². The zero-order valence-electron chi connectivity index (χ0n) is 17.6. The summed E-state index contributed by atoms with van der Waals surface area (Å²) < 4.78 is 38.3. The molecule has 1 fully saturated rings. The first-order valence-electron chi connectivity index (χ1n) is 10.1. The van der Waals surface area contributed by atoms with E-state index in [1.54, 1.807) is 0 Å². The Balaban J connectivity index is 1.45. The van der Waals surface area contributed by atoms with Crippen molar-refractivity contribution in [2.24, 2.45) is 0 Å². The molecule has 0 spiro atoms. The molecule has 5 nitrogen and oxygen atoms in total. The van der Waals surface area contributed by atoms with Crippen LogP contribution in [0.4, 0.5) is 13.2 Å². The molecule has 1 aliphatic rings. The second-order valence-corrected chi connectivity index (χ2v) is 7.98. The van der Waals surface area contributed by atoms with Crippen molar-refractivity contribution in [1.82, 2.24) is 15.5 Å². The molecule has 31 heavy (non-hydrogen) atoms. The van der Waals surface area contributed by atoms with Crippen LogP contribution in [0.2, 0.25) is 0 Å².